The van der Waals surface area contributed by atoms with Crippen LogP contribution in [-0.2, 0) is 11.2 Å². The molecule has 2 amide bonds. The van der Waals surface area contributed by atoms with Crippen LogP contribution in [0, 0.1) is 0 Å². The molecule has 0 unspecified atom stereocenters. The Morgan fingerprint density at radius 2 is 1.96 bits per heavy atom. The number of nitrogens with one attached hydrogen (secondary N) is 1. The van der Waals surface area contributed by atoms with E-state index in [2.05, 4.69) is 12.2 Å². The molecule has 0 spiro atoms. The summed E-state index contributed by atoms with van der Waals surface area (Å²) in [5.41, 5.74) is 9.65. The first-order chi connectivity index (χ1) is 11.5. The minimum absolute atomic E-state index is 0.0436. The van der Waals surface area contributed by atoms with Gasteiger partial charge in [0.15, 0.2) is 0 Å². The number of nitrogens with two attached hydrogens (primary N) is 1. The van der Waals surface area contributed by atoms with Gasteiger partial charge in [0.2, 0.25) is 5.91 Å². The maximum Gasteiger partial charge on any atom is 0.251 e. The average molecular weight is 329 g/mol. The Morgan fingerprint density at radius 3 is 2.54 bits per heavy atom. The van der Waals surface area contributed by atoms with Crippen LogP contribution in [0.5, 0.6) is 0 Å². The van der Waals surface area contributed by atoms with E-state index in [9.17, 15) is 9.59 Å². The molecule has 5 heteroatoms. The van der Waals surface area contributed by atoms with Crippen LogP contribution in [-0.4, -0.2) is 42.9 Å². The van der Waals surface area contributed by atoms with E-state index >= 15 is 0 Å². The molecule has 24 heavy (non-hydrogen) atoms. The Labute approximate surface area is 143 Å². The summed E-state index contributed by atoms with van der Waals surface area (Å²) in [4.78, 5) is 25.3. The third-order valence-corrected chi connectivity index (χ3v) is 4.39. The van der Waals surface area contributed by atoms with Crippen LogP contribution in [0.15, 0.2) is 35.4 Å². The Bertz CT molecular complexity index is 620. The van der Waals surface area contributed by atoms with Crippen molar-refractivity contribution >= 4 is 11.8 Å². The molecule has 0 aliphatic carbocycles. The molecular formula is C19H27N3O2. The summed E-state index contributed by atoms with van der Waals surface area (Å²) in [6.07, 6.45) is 3.00. The van der Waals surface area contributed by atoms with Crippen molar-refractivity contribution in [2.45, 2.75) is 33.1 Å². The van der Waals surface area contributed by atoms with Crippen LogP contribution in [0.3, 0.4) is 0 Å². The molecule has 0 saturated carbocycles. The first-order valence-corrected chi connectivity index (χ1v) is 8.55. The summed E-state index contributed by atoms with van der Waals surface area (Å²) in [6.45, 7) is 6.59. The van der Waals surface area contributed by atoms with Gasteiger partial charge < -0.3 is 11.1 Å². The number of hydrogen-bond donors (Lipinski definition) is 2. The van der Waals surface area contributed by atoms with Gasteiger partial charge in [-0.2, -0.15) is 0 Å². The summed E-state index contributed by atoms with van der Waals surface area (Å²) >= 11 is 0. The van der Waals surface area contributed by atoms with E-state index < -0.39 is 0 Å². The molecule has 1 aliphatic rings. The zero-order valence-corrected chi connectivity index (χ0v) is 14.6. The largest absolute Gasteiger partial charge is 0.369 e. The number of carbonyl (C=O) groups is 2. The summed E-state index contributed by atoms with van der Waals surface area (Å²) in [5.74, 6) is -0.344. The van der Waals surface area contributed by atoms with Gasteiger partial charge in [0, 0.05) is 25.2 Å². The highest BCUT2D eigenvalue weighted by atomic mass is 16.2. The lowest BCUT2D eigenvalue weighted by molar-refractivity contribution is -0.119. The fourth-order valence-corrected chi connectivity index (χ4v) is 3.03. The molecule has 3 N–H and O–H groups in total. The van der Waals surface area contributed by atoms with Crippen molar-refractivity contribution in [1.29, 1.82) is 0 Å². The Kier molecular flexibility index (Phi) is 6.55. The number of amides is 2. The van der Waals surface area contributed by atoms with Crippen LogP contribution in [0.1, 0.15) is 42.6 Å². The number of carbonyl (C=O) groups excluding carboxylic acids is 2. The highest BCUT2D eigenvalue weighted by molar-refractivity contribution is 5.94. The van der Waals surface area contributed by atoms with E-state index in [1.165, 1.54) is 16.7 Å². The number of rotatable bonds is 7. The van der Waals surface area contributed by atoms with Crippen LogP contribution in [0.25, 0.3) is 0 Å². The van der Waals surface area contributed by atoms with Gasteiger partial charge >= 0.3 is 0 Å². The van der Waals surface area contributed by atoms with E-state index in [-0.39, 0.29) is 11.8 Å². The van der Waals surface area contributed by atoms with Crippen molar-refractivity contribution in [2.24, 2.45) is 5.73 Å². The maximum atomic E-state index is 12.3. The van der Waals surface area contributed by atoms with Gasteiger partial charge in [-0.3, -0.25) is 14.5 Å². The first kappa shape index (κ1) is 18.2. The summed E-state index contributed by atoms with van der Waals surface area (Å²) in [5, 5.41) is 3.00. The quantitative estimate of drug-likeness (QED) is 0.750. The topological polar surface area (TPSA) is 75.4 Å². The average Bonchev–Trinajstić information content (AvgIpc) is 2.54. The highest BCUT2D eigenvalue weighted by Gasteiger charge is 2.18. The molecule has 1 aromatic rings. The van der Waals surface area contributed by atoms with Crippen molar-refractivity contribution in [3.05, 3.63) is 46.5 Å². The summed E-state index contributed by atoms with van der Waals surface area (Å²) in [6, 6.07) is 7.81. The van der Waals surface area contributed by atoms with Gasteiger partial charge in [-0.05, 0) is 43.0 Å². The zero-order valence-electron chi connectivity index (χ0n) is 14.6. The predicted molar refractivity (Wildman–Crippen MR) is 95.7 cm³/mol. The monoisotopic (exact) mass is 329 g/mol. The van der Waals surface area contributed by atoms with E-state index in [0.29, 0.717) is 18.7 Å². The van der Waals surface area contributed by atoms with E-state index in [1.807, 2.05) is 36.1 Å². The lowest BCUT2D eigenvalue weighted by atomic mass is 10.0. The number of nitrogens with zero attached hydrogens (tertiary/aromatic N) is 1. The van der Waals surface area contributed by atoms with Crippen LogP contribution in [0.2, 0.25) is 0 Å². The molecule has 1 heterocycles. The number of benzene rings is 1. The second-order valence-electron chi connectivity index (χ2n) is 6.44. The number of primary amides is 1. The van der Waals surface area contributed by atoms with Crippen LogP contribution >= 0.6 is 0 Å². The zero-order chi connectivity index (χ0) is 17.5. The van der Waals surface area contributed by atoms with Gasteiger partial charge in [0.05, 0.1) is 6.54 Å². The second kappa shape index (κ2) is 8.64. The fourth-order valence-electron chi connectivity index (χ4n) is 3.03. The molecule has 0 bridgehead atoms. The van der Waals surface area contributed by atoms with Gasteiger partial charge in [0.1, 0.15) is 0 Å². The SMILES string of the molecule is CCCc1ccc(C(=O)NCC2=C(C)CN(CC(N)=O)CC2)cc1. The Morgan fingerprint density at radius 1 is 1.25 bits per heavy atom. The van der Waals surface area contributed by atoms with Crippen molar-refractivity contribution in [2.75, 3.05) is 26.2 Å². The van der Waals surface area contributed by atoms with Gasteiger partial charge in [-0.25, -0.2) is 0 Å². The molecule has 2 rings (SSSR count). The molecule has 0 radical (unpaired) electrons. The summed E-state index contributed by atoms with van der Waals surface area (Å²) in [7, 11) is 0. The standard InChI is InChI=1S/C19H27N3O2/c1-3-4-15-5-7-16(8-6-15)19(24)21-11-17-9-10-22(12-14(17)2)13-18(20)23/h5-8H,3-4,9-13H2,1-2H3,(H2,20,23)(H,21,24). The van der Waals surface area contributed by atoms with E-state index in [0.717, 1.165) is 32.4 Å². The van der Waals surface area contributed by atoms with Gasteiger partial charge in [0.25, 0.3) is 5.91 Å². The van der Waals surface area contributed by atoms with Crippen molar-refractivity contribution in [3.8, 4) is 0 Å². The number of aryl methyl sites for hydroxylation is 1. The lowest BCUT2D eigenvalue weighted by Gasteiger charge is -2.28. The van der Waals surface area contributed by atoms with Crippen molar-refractivity contribution in [1.82, 2.24) is 10.2 Å². The molecule has 1 aromatic carbocycles. The minimum atomic E-state index is -0.300. The molecule has 0 fully saturated rings. The van der Waals surface area contributed by atoms with Crippen molar-refractivity contribution in [3.63, 3.8) is 0 Å². The Hall–Kier alpha value is -2.14. The summed E-state index contributed by atoms with van der Waals surface area (Å²) < 4.78 is 0. The van der Waals surface area contributed by atoms with Crippen LogP contribution < -0.4 is 11.1 Å². The molecule has 130 valence electrons. The maximum absolute atomic E-state index is 12.3. The van der Waals surface area contributed by atoms with E-state index in [1.54, 1.807) is 0 Å². The highest BCUT2D eigenvalue weighted by Crippen LogP contribution is 2.17. The molecule has 0 atom stereocenters. The predicted octanol–water partition coefficient (Wildman–Crippen LogP) is 1.88. The smallest absolute Gasteiger partial charge is 0.251 e. The molecule has 0 saturated heterocycles. The normalized spacial score (nSPS) is 15.4. The minimum Gasteiger partial charge on any atom is -0.369 e. The second-order valence-corrected chi connectivity index (χ2v) is 6.44. The van der Waals surface area contributed by atoms with Crippen LogP contribution in [0.4, 0.5) is 0 Å². The molecule has 1 aliphatic heterocycles. The third kappa shape index (κ3) is 5.20. The van der Waals surface area contributed by atoms with Crippen molar-refractivity contribution < 1.29 is 9.59 Å². The third-order valence-electron chi connectivity index (χ3n) is 4.39. The fraction of sp³-hybridized carbons (Fsp3) is 0.474. The Balaban J connectivity index is 1.88. The molecule has 0 aromatic heterocycles. The number of hydrogen-bond acceptors (Lipinski definition) is 3. The van der Waals surface area contributed by atoms with E-state index in [4.69, 9.17) is 5.73 Å². The van der Waals surface area contributed by atoms with Gasteiger partial charge in [-0.15, -0.1) is 0 Å². The molecular weight excluding hydrogens is 302 g/mol. The first-order valence-electron chi connectivity index (χ1n) is 8.55. The van der Waals surface area contributed by atoms with Gasteiger partial charge in [-0.1, -0.05) is 31.1 Å². The lowest BCUT2D eigenvalue weighted by Crippen LogP contribution is -2.39. The molecule has 5 nitrogen and oxygen atoms in total.